The first-order chi connectivity index (χ1) is 8.69. The lowest BCUT2D eigenvalue weighted by atomic mass is 10.0. The number of amides is 2. The van der Waals surface area contributed by atoms with E-state index in [-0.39, 0.29) is 6.42 Å². The highest BCUT2D eigenvalue weighted by atomic mass is 127. The predicted molar refractivity (Wildman–Crippen MR) is 82.4 cm³/mol. The molecule has 1 rings (SSSR count). The fraction of sp³-hybridized carbons (Fsp3) is 0.385. The minimum atomic E-state index is -0.949. The minimum absolute atomic E-state index is 0.133. The van der Waals surface area contributed by atoms with E-state index in [2.05, 4.69) is 33.2 Å². The summed E-state index contributed by atoms with van der Waals surface area (Å²) < 4.78 is 1.06. The number of carbonyl (C=O) groups excluding carboxylic acids is 1. The van der Waals surface area contributed by atoms with Gasteiger partial charge in [-0.15, -0.1) is 0 Å². The maximum absolute atomic E-state index is 11.8. The van der Waals surface area contributed by atoms with Gasteiger partial charge in [-0.3, -0.25) is 4.79 Å². The van der Waals surface area contributed by atoms with Crippen LogP contribution in [0.25, 0.3) is 0 Å². The summed E-state index contributed by atoms with van der Waals surface area (Å²) in [5, 5.41) is 14.1. The Bertz CT molecular complexity index is 501. The number of carboxylic acids is 1. The lowest BCUT2D eigenvalue weighted by Gasteiger charge is -2.24. The van der Waals surface area contributed by atoms with E-state index >= 15 is 0 Å². The average Bonchev–Trinajstić information content (AvgIpc) is 2.20. The topological polar surface area (TPSA) is 78.4 Å². The third-order valence-electron chi connectivity index (χ3n) is 2.47. The maximum atomic E-state index is 11.8. The second-order valence-electron chi connectivity index (χ2n) is 5.00. The van der Waals surface area contributed by atoms with Crippen molar-refractivity contribution in [1.82, 2.24) is 5.32 Å². The number of anilines is 1. The highest BCUT2D eigenvalue weighted by Gasteiger charge is 2.23. The van der Waals surface area contributed by atoms with Gasteiger partial charge in [0.25, 0.3) is 0 Å². The number of nitrogens with one attached hydrogen (secondary N) is 2. The van der Waals surface area contributed by atoms with Crippen molar-refractivity contribution in [2.75, 3.05) is 5.32 Å². The molecule has 6 heteroatoms. The number of benzene rings is 1. The van der Waals surface area contributed by atoms with E-state index in [1.165, 1.54) is 0 Å². The Hall–Kier alpha value is -1.31. The summed E-state index contributed by atoms with van der Waals surface area (Å²) in [6.45, 7) is 5.32. The molecule has 1 aromatic rings. The third kappa shape index (κ3) is 5.46. The van der Waals surface area contributed by atoms with Crippen molar-refractivity contribution in [1.29, 1.82) is 0 Å². The molecule has 0 bridgehead atoms. The Morgan fingerprint density at radius 1 is 1.37 bits per heavy atom. The van der Waals surface area contributed by atoms with E-state index in [9.17, 15) is 9.59 Å². The van der Waals surface area contributed by atoms with Gasteiger partial charge >= 0.3 is 12.0 Å². The van der Waals surface area contributed by atoms with Crippen LogP contribution in [0.1, 0.15) is 25.8 Å². The highest BCUT2D eigenvalue weighted by Crippen LogP contribution is 2.17. The van der Waals surface area contributed by atoms with Crippen LogP contribution in [0.3, 0.4) is 0 Å². The van der Waals surface area contributed by atoms with Crippen molar-refractivity contribution in [3.05, 3.63) is 27.3 Å². The zero-order chi connectivity index (χ0) is 14.6. The molecule has 0 radical (unpaired) electrons. The lowest BCUT2D eigenvalue weighted by molar-refractivity contribution is -0.138. The molecule has 0 spiro atoms. The summed E-state index contributed by atoms with van der Waals surface area (Å²) in [6, 6.07) is 5.17. The molecule has 0 aromatic heterocycles. The summed E-state index contributed by atoms with van der Waals surface area (Å²) in [5.74, 6) is -0.949. The summed E-state index contributed by atoms with van der Waals surface area (Å²) in [6.07, 6.45) is -0.133. The molecular weight excluding hydrogens is 359 g/mol. The van der Waals surface area contributed by atoms with Gasteiger partial charge in [-0.25, -0.2) is 4.79 Å². The second kappa shape index (κ2) is 6.23. The normalized spacial score (nSPS) is 10.9. The Morgan fingerprint density at radius 3 is 2.53 bits per heavy atom. The van der Waals surface area contributed by atoms with Crippen LogP contribution in [0, 0.1) is 10.5 Å². The van der Waals surface area contributed by atoms with E-state index in [4.69, 9.17) is 5.11 Å². The molecular formula is C13H17IN2O3. The molecule has 0 saturated heterocycles. The zero-order valence-corrected chi connectivity index (χ0v) is 13.2. The van der Waals surface area contributed by atoms with Crippen LogP contribution < -0.4 is 10.6 Å². The van der Waals surface area contributed by atoms with E-state index < -0.39 is 17.5 Å². The molecule has 3 N–H and O–H groups in total. The fourth-order valence-electron chi connectivity index (χ4n) is 1.56. The van der Waals surface area contributed by atoms with Crippen molar-refractivity contribution >= 4 is 40.3 Å². The van der Waals surface area contributed by atoms with Crippen LogP contribution in [0.4, 0.5) is 10.5 Å². The molecule has 0 unspecified atom stereocenters. The number of carboxylic acid groups (broad SMARTS) is 1. The van der Waals surface area contributed by atoms with Gasteiger partial charge in [-0.05, 0) is 61.1 Å². The number of aryl methyl sites for hydroxylation is 1. The number of aliphatic carboxylic acids is 1. The molecule has 0 saturated carbocycles. The van der Waals surface area contributed by atoms with Crippen molar-refractivity contribution in [2.45, 2.75) is 32.7 Å². The van der Waals surface area contributed by atoms with Crippen LogP contribution in [0.2, 0.25) is 0 Å². The smallest absolute Gasteiger partial charge is 0.319 e. The third-order valence-corrected chi connectivity index (χ3v) is 3.64. The average molecular weight is 376 g/mol. The summed E-state index contributed by atoms with van der Waals surface area (Å²) in [7, 11) is 0. The van der Waals surface area contributed by atoms with Crippen molar-refractivity contribution in [3.63, 3.8) is 0 Å². The van der Waals surface area contributed by atoms with Gasteiger partial charge in [-0.2, -0.15) is 0 Å². The fourth-order valence-corrected chi connectivity index (χ4v) is 2.08. The van der Waals surface area contributed by atoms with E-state index in [0.717, 1.165) is 9.13 Å². The van der Waals surface area contributed by atoms with Gasteiger partial charge < -0.3 is 15.7 Å². The molecule has 0 heterocycles. The lowest BCUT2D eigenvalue weighted by Crippen LogP contribution is -2.46. The van der Waals surface area contributed by atoms with Crippen LogP contribution in [-0.2, 0) is 4.79 Å². The number of rotatable bonds is 4. The molecule has 0 aliphatic carbocycles. The highest BCUT2D eigenvalue weighted by molar-refractivity contribution is 14.1. The Morgan fingerprint density at radius 2 is 2.00 bits per heavy atom. The van der Waals surface area contributed by atoms with Gasteiger partial charge in [0.15, 0.2) is 0 Å². The summed E-state index contributed by atoms with van der Waals surface area (Å²) in [5.41, 5.74) is 1.02. The van der Waals surface area contributed by atoms with Crippen molar-refractivity contribution in [2.24, 2.45) is 0 Å². The number of hydrogen-bond acceptors (Lipinski definition) is 2. The van der Waals surface area contributed by atoms with Gasteiger partial charge in [-0.1, -0.05) is 6.07 Å². The molecule has 5 nitrogen and oxygen atoms in total. The Balaban J connectivity index is 2.64. The summed E-state index contributed by atoms with van der Waals surface area (Å²) >= 11 is 2.19. The first kappa shape index (κ1) is 15.7. The molecule has 104 valence electrons. The van der Waals surface area contributed by atoms with Gasteiger partial charge in [0, 0.05) is 14.8 Å². The van der Waals surface area contributed by atoms with Crippen LogP contribution in [-0.4, -0.2) is 22.6 Å². The van der Waals surface area contributed by atoms with Gasteiger partial charge in [0.1, 0.15) is 0 Å². The standard InChI is InChI=1S/C13H17IN2O3/c1-8-4-5-9(6-10(8)14)15-12(19)16-13(2,3)7-11(17)18/h4-6H,7H2,1-3H3,(H,17,18)(H2,15,16,19). The number of hydrogen-bond donors (Lipinski definition) is 3. The van der Waals surface area contributed by atoms with Gasteiger partial charge in [0.05, 0.1) is 6.42 Å². The Kier molecular flexibility index (Phi) is 5.16. The molecule has 2 amide bonds. The molecule has 0 fully saturated rings. The molecule has 0 aliphatic rings. The molecule has 19 heavy (non-hydrogen) atoms. The van der Waals surface area contributed by atoms with Crippen molar-refractivity contribution < 1.29 is 14.7 Å². The maximum Gasteiger partial charge on any atom is 0.319 e. The van der Waals surface area contributed by atoms with Crippen LogP contribution >= 0.6 is 22.6 Å². The summed E-state index contributed by atoms with van der Waals surface area (Å²) in [4.78, 5) is 22.5. The van der Waals surface area contributed by atoms with Crippen LogP contribution in [0.5, 0.6) is 0 Å². The van der Waals surface area contributed by atoms with Gasteiger partial charge in [0.2, 0.25) is 0 Å². The first-order valence-corrected chi connectivity index (χ1v) is 6.84. The number of halogens is 1. The quantitative estimate of drug-likeness (QED) is 0.707. The van der Waals surface area contributed by atoms with E-state index in [0.29, 0.717) is 5.69 Å². The number of urea groups is 1. The molecule has 1 aromatic carbocycles. The second-order valence-corrected chi connectivity index (χ2v) is 6.16. The predicted octanol–water partition coefficient (Wildman–Crippen LogP) is 2.97. The monoisotopic (exact) mass is 376 g/mol. The van der Waals surface area contributed by atoms with Crippen LogP contribution in [0.15, 0.2) is 18.2 Å². The SMILES string of the molecule is Cc1ccc(NC(=O)NC(C)(C)CC(=O)O)cc1I. The largest absolute Gasteiger partial charge is 0.481 e. The Labute approximate surface area is 125 Å². The molecule has 0 atom stereocenters. The van der Waals surface area contributed by atoms with E-state index in [1.54, 1.807) is 19.9 Å². The first-order valence-electron chi connectivity index (χ1n) is 5.77. The van der Waals surface area contributed by atoms with Crippen molar-refractivity contribution in [3.8, 4) is 0 Å². The minimum Gasteiger partial charge on any atom is -0.481 e. The van der Waals surface area contributed by atoms with E-state index in [1.807, 2.05) is 19.1 Å². The molecule has 0 aliphatic heterocycles. The number of carbonyl (C=O) groups is 2. The zero-order valence-electron chi connectivity index (χ0n) is 11.1.